The smallest absolute Gasteiger partial charge is 0.241 e. The van der Waals surface area contributed by atoms with E-state index in [0.717, 1.165) is 19.3 Å². The molecule has 2 rings (SSSR count). The lowest BCUT2D eigenvalue weighted by Gasteiger charge is -2.36. The molecule has 116 valence electrons. The number of thiocarbonyl (C=S) groups is 1. The molecule has 1 aromatic rings. The van der Waals surface area contributed by atoms with Crippen molar-refractivity contribution in [3.8, 4) is 5.75 Å². The van der Waals surface area contributed by atoms with Crippen molar-refractivity contribution in [1.82, 2.24) is 4.72 Å². The second kappa shape index (κ2) is 6.29. The summed E-state index contributed by atoms with van der Waals surface area (Å²) in [6.07, 6.45) is 4.22. The zero-order chi connectivity index (χ0) is 15.5. The van der Waals surface area contributed by atoms with Crippen LogP contribution in [0.15, 0.2) is 29.2 Å². The maximum atomic E-state index is 12.5. The van der Waals surface area contributed by atoms with E-state index in [1.807, 2.05) is 0 Å². The van der Waals surface area contributed by atoms with Crippen LogP contribution in [0.25, 0.3) is 0 Å². The number of hydrogen-bond donors (Lipinski definition) is 2. The third kappa shape index (κ3) is 3.53. The first kappa shape index (κ1) is 16.2. The average Bonchev–Trinajstić information content (AvgIpc) is 2.47. The quantitative estimate of drug-likeness (QED) is 0.808. The van der Waals surface area contributed by atoms with Gasteiger partial charge in [-0.3, -0.25) is 0 Å². The monoisotopic (exact) mass is 328 g/mol. The van der Waals surface area contributed by atoms with Gasteiger partial charge in [-0.25, -0.2) is 8.42 Å². The molecule has 0 spiro atoms. The average molecular weight is 328 g/mol. The number of sulfonamides is 1. The van der Waals surface area contributed by atoms with Crippen molar-refractivity contribution < 1.29 is 13.2 Å². The minimum Gasteiger partial charge on any atom is -0.497 e. The van der Waals surface area contributed by atoms with E-state index in [4.69, 9.17) is 22.7 Å². The van der Waals surface area contributed by atoms with E-state index in [1.54, 1.807) is 12.1 Å². The second-order valence-electron chi connectivity index (χ2n) is 5.29. The van der Waals surface area contributed by atoms with Gasteiger partial charge in [0.15, 0.2) is 0 Å². The number of nitrogens with two attached hydrogens (primary N) is 1. The molecule has 0 saturated heterocycles. The number of benzene rings is 1. The number of rotatable bonds is 5. The summed E-state index contributed by atoms with van der Waals surface area (Å²) in [5.41, 5.74) is 5.02. The van der Waals surface area contributed by atoms with Crippen LogP contribution < -0.4 is 15.2 Å². The first-order valence-electron chi connectivity index (χ1n) is 6.88. The summed E-state index contributed by atoms with van der Waals surface area (Å²) in [4.78, 5) is 0.406. The van der Waals surface area contributed by atoms with Gasteiger partial charge >= 0.3 is 0 Å². The van der Waals surface area contributed by atoms with E-state index in [2.05, 4.69) is 4.72 Å². The van der Waals surface area contributed by atoms with Gasteiger partial charge in [-0.1, -0.05) is 31.5 Å². The van der Waals surface area contributed by atoms with E-state index < -0.39 is 15.6 Å². The van der Waals surface area contributed by atoms with Gasteiger partial charge in [-0.15, -0.1) is 0 Å². The number of ether oxygens (including phenoxy) is 1. The Kier molecular flexibility index (Phi) is 4.85. The Morgan fingerprint density at radius 1 is 1.24 bits per heavy atom. The molecule has 1 aliphatic carbocycles. The topological polar surface area (TPSA) is 81.4 Å². The highest BCUT2D eigenvalue weighted by atomic mass is 32.2. The lowest BCUT2D eigenvalue weighted by molar-refractivity contribution is 0.353. The van der Waals surface area contributed by atoms with Crippen LogP contribution in [-0.4, -0.2) is 26.1 Å². The maximum absolute atomic E-state index is 12.5. The fourth-order valence-corrected chi connectivity index (χ4v) is 4.39. The first-order chi connectivity index (χ1) is 9.89. The van der Waals surface area contributed by atoms with Crippen LogP contribution in [0.5, 0.6) is 5.75 Å². The molecule has 1 saturated carbocycles. The zero-order valence-electron chi connectivity index (χ0n) is 12.0. The van der Waals surface area contributed by atoms with Crippen molar-refractivity contribution in [1.29, 1.82) is 0 Å². The summed E-state index contributed by atoms with van der Waals surface area (Å²) in [5, 5.41) is 0. The Hall–Kier alpha value is -1.18. The predicted molar refractivity (Wildman–Crippen MR) is 85.9 cm³/mol. The first-order valence-corrected chi connectivity index (χ1v) is 8.77. The van der Waals surface area contributed by atoms with Gasteiger partial charge in [-0.2, -0.15) is 4.72 Å². The molecule has 1 aliphatic rings. The summed E-state index contributed by atoms with van der Waals surface area (Å²) in [5.74, 6) is 0.607. The van der Waals surface area contributed by atoms with Crippen molar-refractivity contribution in [2.75, 3.05) is 7.11 Å². The third-order valence-electron chi connectivity index (χ3n) is 3.88. The molecule has 21 heavy (non-hydrogen) atoms. The highest BCUT2D eigenvalue weighted by molar-refractivity contribution is 7.89. The summed E-state index contributed by atoms with van der Waals surface area (Å²) in [6.45, 7) is 0. The van der Waals surface area contributed by atoms with Gasteiger partial charge in [-0.05, 0) is 37.1 Å². The van der Waals surface area contributed by atoms with Crippen LogP contribution in [0.2, 0.25) is 0 Å². The van der Waals surface area contributed by atoms with Gasteiger partial charge < -0.3 is 10.5 Å². The Morgan fingerprint density at radius 3 is 2.29 bits per heavy atom. The van der Waals surface area contributed by atoms with Crippen LogP contribution in [0.3, 0.4) is 0 Å². The van der Waals surface area contributed by atoms with Gasteiger partial charge in [0.05, 0.1) is 22.5 Å². The predicted octanol–water partition coefficient (Wildman–Crippen LogP) is 1.96. The van der Waals surface area contributed by atoms with E-state index in [0.29, 0.717) is 18.6 Å². The Labute approximate surface area is 130 Å². The summed E-state index contributed by atoms with van der Waals surface area (Å²) < 4.78 is 32.8. The molecule has 0 aromatic heterocycles. The molecule has 0 unspecified atom stereocenters. The Balaban J connectivity index is 2.27. The fourth-order valence-electron chi connectivity index (χ4n) is 2.63. The molecular formula is C14H20N2O3S2. The molecule has 0 bridgehead atoms. The van der Waals surface area contributed by atoms with Crippen LogP contribution in [0.4, 0.5) is 0 Å². The molecule has 1 fully saturated rings. The highest BCUT2D eigenvalue weighted by Crippen LogP contribution is 2.30. The standard InChI is InChI=1S/C14H20N2O3S2/c1-19-11-5-7-12(8-6-11)21(17,18)16-14(13(15)20)9-3-2-4-10-14/h5-8,16H,2-4,9-10H2,1H3,(H2,15,20). The third-order valence-corrected chi connectivity index (χ3v) is 5.82. The number of hydrogen-bond acceptors (Lipinski definition) is 4. The maximum Gasteiger partial charge on any atom is 0.241 e. The fraction of sp³-hybridized carbons (Fsp3) is 0.500. The summed E-state index contributed by atoms with van der Waals surface area (Å²) >= 11 is 5.12. The normalized spacial score (nSPS) is 18.1. The highest BCUT2D eigenvalue weighted by Gasteiger charge is 2.39. The molecule has 0 amide bonds. The Bertz CT molecular complexity index is 606. The van der Waals surface area contributed by atoms with E-state index in [9.17, 15) is 8.42 Å². The molecule has 1 aromatic carbocycles. The Morgan fingerprint density at radius 2 is 1.81 bits per heavy atom. The van der Waals surface area contributed by atoms with Crippen molar-refractivity contribution in [3.63, 3.8) is 0 Å². The van der Waals surface area contributed by atoms with Gasteiger partial charge in [0, 0.05) is 0 Å². The van der Waals surface area contributed by atoms with E-state index >= 15 is 0 Å². The van der Waals surface area contributed by atoms with Crippen molar-refractivity contribution in [2.45, 2.75) is 42.5 Å². The van der Waals surface area contributed by atoms with Crippen molar-refractivity contribution >= 4 is 27.2 Å². The molecule has 0 aliphatic heterocycles. The van der Waals surface area contributed by atoms with Crippen LogP contribution in [-0.2, 0) is 10.0 Å². The second-order valence-corrected chi connectivity index (χ2v) is 7.41. The number of methoxy groups -OCH3 is 1. The van der Waals surface area contributed by atoms with Gasteiger partial charge in [0.2, 0.25) is 10.0 Å². The lowest BCUT2D eigenvalue weighted by atomic mass is 9.82. The minimum atomic E-state index is -3.66. The zero-order valence-corrected chi connectivity index (χ0v) is 13.6. The minimum absolute atomic E-state index is 0.185. The van der Waals surface area contributed by atoms with E-state index in [1.165, 1.54) is 19.2 Å². The molecular weight excluding hydrogens is 308 g/mol. The molecule has 7 heteroatoms. The molecule has 0 atom stereocenters. The van der Waals surface area contributed by atoms with Gasteiger partial charge in [0.1, 0.15) is 5.75 Å². The summed E-state index contributed by atoms with van der Waals surface area (Å²) in [7, 11) is -2.13. The van der Waals surface area contributed by atoms with Crippen molar-refractivity contribution in [2.24, 2.45) is 5.73 Å². The molecule has 0 heterocycles. The van der Waals surface area contributed by atoms with Crippen molar-refractivity contribution in [3.05, 3.63) is 24.3 Å². The largest absolute Gasteiger partial charge is 0.497 e. The van der Waals surface area contributed by atoms with Crippen LogP contribution >= 0.6 is 12.2 Å². The lowest BCUT2D eigenvalue weighted by Crippen LogP contribution is -2.57. The molecule has 0 radical (unpaired) electrons. The number of nitrogens with one attached hydrogen (secondary N) is 1. The van der Waals surface area contributed by atoms with Crippen LogP contribution in [0.1, 0.15) is 32.1 Å². The SMILES string of the molecule is COc1ccc(S(=O)(=O)NC2(C(N)=S)CCCCC2)cc1. The van der Waals surface area contributed by atoms with Gasteiger partial charge in [0.25, 0.3) is 0 Å². The molecule has 5 nitrogen and oxygen atoms in total. The summed E-state index contributed by atoms with van der Waals surface area (Å²) in [6, 6.07) is 6.25. The molecule has 3 N–H and O–H groups in total. The van der Waals surface area contributed by atoms with Crippen LogP contribution in [0, 0.1) is 0 Å². The van der Waals surface area contributed by atoms with E-state index in [-0.39, 0.29) is 9.88 Å².